The standard InChI is InChI=1S/C15H34NO3.BrH/c1-2-3-4-5-6-7-8-9-16(10-13-17,11-14-18)12-15-19;/h17-19H,2-15H2,1H3;1H/q+1;/p-1. The van der Waals surface area contributed by atoms with Crippen LogP contribution in [0.3, 0.4) is 0 Å². The number of aliphatic hydroxyl groups is 3. The van der Waals surface area contributed by atoms with E-state index in [1.54, 1.807) is 0 Å². The molecule has 0 aromatic heterocycles. The summed E-state index contributed by atoms with van der Waals surface area (Å²) >= 11 is 0. The van der Waals surface area contributed by atoms with E-state index in [1.807, 2.05) is 0 Å². The van der Waals surface area contributed by atoms with E-state index in [0.717, 1.165) is 13.0 Å². The Bertz CT molecular complexity index is 177. The van der Waals surface area contributed by atoms with Gasteiger partial charge in [-0.2, -0.15) is 0 Å². The van der Waals surface area contributed by atoms with Crippen molar-refractivity contribution in [3.63, 3.8) is 0 Å². The van der Waals surface area contributed by atoms with Gasteiger partial charge in [-0.15, -0.1) is 0 Å². The first-order chi connectivity index (χ1) is 9.24. The van der Waals surface area contributed by atoms with Gasteiger partial charge in [0.2, 0.25) is 0 Å². The summed E-state index contributed by atoms with van der Waals surface area (Å²) in [7, 11) is 0. The SMILES string of the molecule is CCCCCCCCC[N+](CCO)(CCO)CCO.[Br-]. The number of hydrogen-bond acceptors (Lipinski definition) is 3. The third-order valence-corrected chi connectivity index (χ3v) is 3.96. The average molecular weight is 356 g/mol. The zero-order valence-corrected chi connectivity index (χ0v) is 14.7. The van der Waals surface area contributed by atoms with Gasteiger partial charge in [0.05, 0.1) is 26.4 Å². The van der Waals surface area contributed by atoms with Crippen molar-refractivity contribution in [1.82, 2.24) is 0 Å². The van der Waals surface area contributed by atoms with Gasteiger partial charge in [0.15, 0.2) is 0 Å². The molecule has 0 aromatic carbocycles. The van der Waals surface area contributed by atoms with Crippen molar-refractivity contribution in [2.45, 2.75) is 51.9 Å². The van der Waals surface area contributed by atoms with Gasteiger partial charge in [0, 0.05) is 0 Å². The molecule has 0 radical (unpaired) electrons. The van der Waals surface area contributed by atoms with Crippen molar-refractivity contribution in [2.75, 3.05) is 46.0 Å². The number of nitrogens with zero attached hydrogens (tertiary/aromatic N) is 1. The molecule has 0 saturated carbocycles. The fraction of sp³-hybridized carbons (Fsp3) is 1.00. The van der Waals surface area contributed by atoms with E-state index in [0.29, 0.717) is 24.1 Å². The summed E-state index contributed by atoms with van der Waals surface area (Å²) in [6.07, 6.45) is 8.87. The third-order valence-electron chi connectivity index (χ3n) is 3.96. The number of rotatable bonds is 14. The second kappa shape index (κ2) is 15.7. The highest BCUT2D eigenvalue weighted by Crippen LogP contribution is 2.12. The number of hydrogen-bond donors (Lipinski definition) is 3. The molecule has 0 bridgehead atoms. The second-order valence-electron chi connectivity index (χ2n) is 5.53. The summed E-state index contributed by atoms with van der Waals surface area (Å²) < 4.78 is 0.651. The predicted molar refractivity (Wildman–Crippen MR) is 79.0 cm³/mol. The first-order valence-electron chi connectivity index (χ1n) is 7.92. The lowest BCUT2D eigenvalue weighted by Gasteiger charge is -2.37. The Morgan fingerprint density at radius 1 is 0.600 bits per heavy atom. The maximum absolute atomic E-state index is 9.18. The van der Waals surface area contributed by atoms with E-state index in [1.165, 1.54) is 38.5 Å². The van der Waals surface area contributed by atoms with Crippen molar-refractivity contribution >= 4 is 0 Å². The van der Waals surface area contributed by atoms with Crippen LogP contribution in [-0.4, -0.2) is 65.8 Å². The molecular weight excluding hydrogens is 322 g/mol. The van der Waals surface area contributed by atoms with Crippen LogP contribution in [0.15, 0.2) is 0 Å². The Morgan fingerprint density at radius 3 is 1.40 bits per heavy atom. The van der Waals surface area contributed by atoms with Gasteiger partial charge in [-0.25, -0.2) is 0 Å². The predicted octanol–water partition coefficient (Wildman–Crippen LogP) is -1.47. The fourth-order valence-electron chi connectivity index (χ4n) is 2.71. The van der Waals surface area contributed by atoms with Crippen molar-refractivity contribution in [2.24, 2.45) is 0 Å². The molecule has 3 N–H and O–H groups in total. The number of halogens is 1. The highest BCUT2D eigenvalue weighted by atomic mass is 79.9. The van der Waals surface area contributed by atoms with E-state index in [9.17, 15) is 15.3 Å². The summed E-state index contributed by atoms with van der Waals surface area (Å²) in [5.41, 5.74) is 0. The maximum atomic E-state index is 9.18. The molecular formula is C15H34BrNO3. The Labute approximate surface area is 135 Å². The van der Waals surface area contributed by atoms with Gasteiger partial charge >= 0.3 is 0 Å². The van der Waals surface area contributed by atoms with Crippen LogP contribution in [-0.2, 0) is 0 Å². The van der Waals surface area contributed by atoms with Crippen LogP contribution in [0, 0.1) is 0 Å². The van der Waals surface area contributed by atoms with Crippen molar-refractivity contribution in [3.8, 4) is 0 Å². The lowest BCUT2D eigenvalue weighted by molar-refractivity contribution is -0.929. The topological polar surface area (TPSA) is 60.7 Å². The minimum absolute atomic E-state index is 0. The number of aliphatic hydroxyl groups excluding tert-OH is 3. The summed E-state index contributed by atoms with van der Waals surface area (Å²) in [6.45, 7) is 5.45. The zero-order valence-electron chi connectivity index (χ0n) is 13.1. The van der Waals surface area contributed by atoms with Crippen molar-refractivity contribution in [3.05, 3.63) is 0 Å². The highest BCUT2D eigenvalue weighted by Gasteiger charge is 2.25. The molecule has 0 rings (SSSR count). The summed E-state index contributed by atoms with van der Waals surface area (Å²) in [5, 5.41) is 27.5. The molecule has 0 aromatic rings. The van der Waals surface area contributed by atoms with Crippen LogP contribution >= 0.6 is 0 Å². The van der Waals surface area contributed by atoms with Crippen LogP contribution in [0.5, 0.6) is 0 Å². The highest BCUT2D eigenvalue weighted by molar-refractivity contribution is 4.49. The van der Waals surface area contributed by atoms with Crippen LogP contribution in [0.2, 0.25) is 0 Å². The normalized spacial score (nSPS) is 11.4. The minimum atomic E-state index is 0. The van der Waals surface area contributed by atoms with Gasteiger partial charge in [0.1, 0.15) is 19.6 Å². The molecule has 0 aliphatic carbocycles. The lowest BCUT2D eigenvalue weighted by Crippen LogP contribution is -3.00. The molecule has 0 unspecified atom stereocenters. The quantitative estimate of drug-likeness (QED) is 0.263. The first-order valence-corrected chi connectivity index (χ1v) is 7.92. The molecule has 4 nitrogen and oxygen atoms in total. The minimum Gasteiger partial charge on any atom is -1.00 e. The van der Waals surface area contributed by atoms with E-state index in [-0.39, 0.29) is 36.8 Å². The second-order valence-corrected chi connectivity index (χ2v) is 5.53. The smallest absolute Gasteiger partial charge is 0.102 e. The van der Waals surface area contributed by atoms with Crippen LogP contribution in [0.25, 0.3) is 0 Å². The van der Waals surface area contributed by atoms with Gasteiger partial charge in [0.25, 0.3) is 0 Å². The molecule has 124 valence electrons. The fourth-order valence-corrected chi connectivity index (χ4v) is 2.71. The van der Waals surface area contributed by atoms with E-state index in [2.05, 4.69) is 6.92 Å². The van der Waals surface area contributed by atoms with Crippen LogP contribution in [0.4, 0.5) is 0 Å². The molecule has 0 amide bonds. The Morgan fingerprint density at radius 2 is 1.00 bits per heavy atom. The lowest BCUT2D eigenvalue weighted by atomic mass is 10.1. The van der Waals surface area contributed by atoms with Gasteiger partial charge < -0.3 is 36.8 Å². The van der Waals surface area contributed by atoms with Crippen molar-refractivity contribution < 1.29 is 36.8 Å². The van der Waals surface area contributed by atoms with Crippen molar-refractivity contribution in [1.29, 1.82) is 0 Å². The Balaban J connectivity index is 0. The van der Waals surface area contributed by atoms with Crippen LogP contribution < -0.4 is 17.0 Å². The van der Waals surface area contributed by atoms with Crippen LogP contribution in [0.1, 0.15) is 51.9 Å². The Kier molecular flexibility index (Phi) is 17.7. The molecule has 0 spiro atoms. The van der Waals surface area contributed by atoms with Gasteiger partial charge in [-0.05, 0) is 12.8 Å². The van der Waals surface area contributed by atoms with E-state index in [4.69, 9.17) is 0 Å². The molecule has 0 aliphatic rings. The largest absolute Gasteiger partial charge is 1.00 e. The molecule has 0 atom stereocenters. The summed E-state index contributed by atoms with van der Waals surface area (Å²) in [5.74, 6) is 0. The average Bonchev–Trinajstić information content (AvgIpc) is 2.39. The zero-order chi connectivity index (χ0) is 14.4. The molecule has 0 saturated heterocycles. The number of quaternary nitrogens is 1. The Hall–Kier alpha value is 0.320. The molecule has 5 heteroatoms. The monoisotopic (exact) mass is 355 g/mol. The summed E-state index contributed by atoms with van der Waals surface area (Å²) in [6, 6.07) is 0. The number of unbranched alkanes of at least 4 members (excludes halogenated alkanes) is 6. The summed E-state index contributed by atoms with van der Waals surface area (Å²) in [4.78, 5) is 0. The van der Waals surface area contributed by atoms with E-state index < -0.39 is 0 Å². The maximum Gasteiger partial charge on any atom is 0.102 e. The third kappa shape index (κ3) is 11.0. The molecule has 0 aliphatic heterocycles. The van der Waals surface area contributed by atoms with Gasteiger partial charge in [-0.3, -0.25) is 0 Å². The molecule has 20 heavy (non-hydrogen) atoms. The molecule has 0 fully saturated rings. The first kappa shape index (κ1) is 22.6. The van der Waals surface area contributed by atoms with E-state index >= 15 is 0 Å². The molecule has 0 heterocycles. The van der Waals surface area contributed by atoms with Gasteiger partial charge in [-0.1, -0.05) is 39.0 Å².